The molecule has 1 amide bonds. The molecule has 92 valence electrons. The number of hydrogen-bond donors (Lipinski definition) is 0. The summed E-state index contributed by atoms with van der Waals surface area (Å²) in [5.41, 5.74) is -0.406. The Morgan fingerprint density at radius 1 is 1.31 bits per heavy atom. The van der Waals surface area contributed by atoms with Crippen LogP contribution in [0.2, 0.25) is 0 Å². The Kier molecular flexibility index (Phi) is 2.54. The Hall–Kier alpha value is -0.620. The third-order valence-corrected chi connectivity index (χ3v) is 5.81. The molecule has 0 atom stereocenters. The molecule has 2 rings (SSSR count). The molecule has 0 aromatic carbocycles. The molecular formula is C10H18N2O3S. The lowest BCUT2D eigenvalue weighted by atomic mass is 9.80. The van der Waals surface area contributed by atoms with Gasteiger partial charge in [0, 0.05) is 26.7 Å². The van der Waals surface area contributed by atoms with E-state index in [4.69, 9.17) is 0 Å². The van der Waals surface area contributed by atoms with Crippen LogP contribution < -0.4 is 0 Å². The van der Waals surface area contributed by atoms with E-state index in [9.17, 15) is 13.2 Å². The molecule has 2 heterocycles. The van der Waals surface area contributed by atoms with Gasteiger partial charge in [0.15, 0.2) is 0 Å². The zero-order valence-electron chi connectivity index (χ0n) is 9.93. The van der Waals surface area contributed by atoms with Crippen LogP contribution in [0.5, 0.6) is 0 Å². The van der Waals surface area contributed by atoms with Gasteiger partial charge in [0.2, 0.25) is 15.9 Å². The molecule has 0 N–H and O–H groups in total. The van der Waals surface area contributed by atoms with Gasteiger partial charge in [-0.05, 0) is 20.3 Å². The topological polar surface area (TPSA) is 57.7 Å². The minimum absolute atomic E-state index is 0.0997. The third kappa shape index (κ3) is 1.47. The highest BCUT2D eigenvalue weighted by Gasteiger charge is 2.57. The normalized spacial score (nSPS) is 25.5. The Labute approximate surface area is 96.5 Å². The lowest BCUT2D eigenvalue weighted by Gasteiger charge is -2.45. The standard InChI is InChI=1S/C10H18N2O3S/c1-8(2)16(14,15)12-6-10(7-12)4-5-11(3)9(10)13/h8H,4-7H2,1-3H3. The molecule has 0 radical (unpaired) electrons. The first-order chi connectivity index (χ1) is 7.29. The number of sulfonamides is 1. The van der Waals surface area contributed by atoms with E-state index in [1.165, 1.54) is 4.31 Å². The lowest BCUT2D eigenvalue weighted by Crippen LogP contribution is -2.62. The molecule has 0 saturated carbocycles. The fraction of sp³-hybridized carbons (Fsp3) is 0.900. The number of likely N-dealkylation sites (tertiary alicyclic amines) is 1. The van der Waals surface area contributed by atoms with Crippen molar-refractivity contribution in [3.63, 3.8) is 0 Å². The molecule has 0 unspecified atom stereocenters. The summed E-state index contributed by atoms with van der Waals surface area (Å²) >= 11 is 0. The van der Waals surface area contributed by atoms with Gasteiger partial charge in [-0.3, -0.25) is 4.79 Å². The van der Waals surface area contributed by atoms with Crippen molar-refractivity contribution in [2.45, 2.75) is 25.5 Å². The molecule has 2 fully saturated rings. The lowest BCUT2D eigenvalue weighted by molar-refractivity contribution is -0.140. The average molecular weight is 246 g/mol. The number of amides is 1. The van der Waals surface area contributed by atoms with Gasteiger partial charge in [-0.15, -0.1) is 0 Å². The van der Waals surface area contributed by atoms with Crippen molar-refractivity contribution in [3.05, 3.63) is 0 Å². The molecule has 2 aliphatic rings. The number of nitrogens with zero attached hydrogens (tertiary/aromatic N) is 2. The summed E-state index contributed by atoms with van der Waals surface area (Å²) in [4.78, 5) is 13.5. The van der Waals surface area contributed by atoms with E-state index in [0.29, 0.717) is 13.1 Å². The van der Waals surface area contributed by atoms with Crippen LogP contribution in [0, 0.1) is 5.41 Å². The van der Waals surface area contributed by atoms with Gasteiger partial charge >= 0.3 is 0 Å². The minimum Gasteiger partial charge on any atom is -0.345 e. The van der Waals surface area contributed by atoms with Crippen LogP contribution >= 0.6 is 0 Å². The molecule has 16 heavy (non-hydrogen) atoms. The Morgan fingerprint density at radius 3 is 2.25 bits per heavy atom. The molecule has 0 aliphatic carbocycles. The summed E-state index contributed by atoms with van der Waals surface area (Å²) in [6, 6.07) is 0. The van der Waals surface area contributed by atoms with Crippen LogP contribution in [0.25, 0.3) is 0 Å². The summed E-state index contributed by atoms with van der Waals surface area (Å²) in [5, 5.41) is -0.404. The Bertz CT molecular complexity index is 410. The number of hydrogen-bond acceptors (Lipinski definition) is 3. The highest BCUT2D eigenvalue weighted by atomic mass is 32.2. The smallest absolute Gasteiger partial charge is 0.231 e. The first-order valence-electron chi connectivity index (χ1n) is 5.54. The molecule has 0 bridgehead atoms. The van der Waals surface area contributed by atoms with E-state index in [1.807, 2.05) is 0 Å². The first-order valence-corrected chi connectivity index (χ1v) is 7.04. The number of carbonyl (C=O) groups excluding carboxylic acids is 1. The zero-order valence-corrected chi connectivity index (χ0v) is 10.7. The SMILES string of the molecule is CC(C)S(=O)(=O)N1CC2(CCN(C)C2=O)C1. The van der Waals surface area contributed by atoms with Crippen molar-refractivity contribution in [1.82, 2.24) is 9.21 Å². The van der Waals surface area contributed by atoms with Crippen molar-refractivity contribution < 1.29 is 13.2 Å². The van der Waals surface area contributed by atoms with Crippen LogP contribution in [0.3, 0.4) is 0 Å². The summed E-state index contributed by atoms with van der Waals surface area (Å²) in [6.45, 7) is 4.83. The highest BCUT2D eigenvalue weighted by Crippen LogP contribution is 2.41. The Morgan fingerprint density at radius 2 is 1.88 bits per heavy atom. The van der Waals surface area contributed by atoms with Gasteiger partial charge in [-0.2, -0.15) is 4.31 Å². The van der Waals surface area contributed by atoms with Gasteiger partial charge in [-0.25, -0.2) is 8.42 Å². The second-order valence-electron chi connectivity index (χ2n) is 5.12. The zero-order chi connectivity index (χ0) is 12.1. The predicted octanol–water partition coefficient (Wildman–Crippen LogP) is -0.111. The maximum absolute atomic E-state index is 11.9. The fourth-order valence-corrected chi connectivity index (χ4v) is 3.85. The van der Waals surface area contributed by atoms with Crippen LogP contribution in [0.15, 0.2) is 0 Å². The highest BCUT2D eigenvalue weighted by molar-refractivity contribution is 7.89. The second kappa shape index (κ2) is 3.43. The van der Waals surface area contributed by atoms with Crippen LogP contribution in [-0.4, -0.2) is 55.5 Å². The minimum atomic E-state index is -3.18. The molecule has 2 saturated heterocycles. The molecule has 0 aromatic heterocycles. The van der Waals surface area contributed by atoms with Crippen LogP contribution in [0.4, 0.5) is 0 Å². The summed E-state index contributed by atoms with van der Waals surface area (Å²) < 4.78 is 25.1. The fourth-order valence-electron chi connectivity index (χ4n) is 2.40. The maximum atomic E-state index is 11.9. The molecule has 0 aromatic rings. The van der Waals surface area contributed by atoms with Crippen LogP contribution in [0.1, 0.15) is 20.3 Å². The molecule has 2 aliphatic heterocycles. The predicted molar refractivity (Wildman–Crippen MR) is 60.3 cm³/mol. The largest absolute Gasteiger partial charge is 0.345 e. The van der Waals surface area contributed by atoms with Gasteiger partial charge in [0.05, 0.1) is 10.7 Å². The van der Waals surface area contributed by atoms with E-state index in [1.54, 1.807) is 25.8 Å². The maximum Gasteiger partial charge on any atom is 0.231 e. The third-order valence-electron chi connectivity index (χ3n) is 3.64. The van der Waals surface area contributed by atoms with Crippen molar-refractivity contribution in [1.29, 1.82) is 0 Å². The van der Waals surface area contributed by atoms with Gasteiger partial charge in [-0.1, -0.05) is 0 Å². The van der Waals surface area contributed by atoms with Crippen LogP contribution in [-0.2, 0) is 14.8 Å². The molecular weight excluding hydrogens is 228 g/mol. The van der Waals surface area contributed by atoms with E-state index in [-0.39, 0.29) is 5.91 Å². The average Bonchev–Trinajstić information content (AvgIpc) is 2.41. The monoisotopic (exact) mass is 246 g/mol. The summed E-state index contributed by atoms with van der Waals surface area (Å²) in [5.74, 6) is 0.0997. The summed E-state index contributed by atoms with van der Waals surface area (Å²) in [7, 11) is -1.41. The number of rotatable bonds is 2. The van der Waals surface area contributed by atoms with E-state index in [2.05, 4.69) is 0 Å². The second-order valence-corrected chi connectivity index (χ2v) is 7.61. The van der Waals surface area contributed by atoms with Crippen molar-refractivity contribution in [3.8, 4) is 0 Å². The van der Waals surface area contributed by atoms with Gasteiger partial charge < -0.3 is 4.90 Å². The molecule has 5 nitrogen and oxygen atoms in total. The van der Waals surface area contributed by atoms with Gasteiger partial charge in [0.25, 0.3) is 0 Å². The molecule has 6 heteroatoms. The van der Waals surface area contributed by atoms with Crippen molar-refractivity contribution >= 4 is 15.9 Å². The Balaban J connectivity index is 2.09. The quantitative estimate of drug-likeness (QED) is 0.683. The van der Waals surface area contributed by atoms with Crippen molar-refractivity contribution in [2.75, 3.05) is 26.7 Å². The van der Waals surface area contributed by atoms with E-state index in [0.717, 1.165) is 13.0 Å². The van der Waals surface area contributed by atoms with Gasteiger partial charge in [0.1, 0.15) is 0 Å². The van der Waals surface area contributed by atoms with Crippen molar-refractivity contribution in [2.24, 2.45) is 5.41 Å². The number of carbonyl (C=O) groups is 1. The first kappa shape index (κ1) is 11.9. The van der Waals surface area contributed by atoms with E-state index >= 15 is 0 Å². The molecule has 1 spiro atoms. The van der Waals surface area contributed by atoms with E-state index < -0.39 is 20.7 Å². The summed E-state index contributed by atoms with van der Waals surface area (Å²) in [6.07, 6.45) is 0.784.